The summed E-state index contributed by atoms with van der Waals surface area (Å²) in [4.78, 5) is 2.62. The van der Waals surface area contributed by atoms with Crippen molar-refractivity contribution >= 4 is 0 Å². The van der Waals surface area contributed by atoms with Crippen LogP contribution in [-0.2, 0) is 0 Å². The second-order valence-electron chi connectivity index (χ2n) is 2.12. The van der Waals surface area contributed by atoms with E-state index in [4.69, 9.17) is 5.26 Å². The Bertz CT molecular complexity index is 342. The summed E-state index contributed by atoms with van der Waals surface area (Å²) in [6, 6.07) is 1.35. The fraction of sp³-hybridized carbons (Fsp3) is 0.143. The zero-order valence-corrected chi connectivity index (χ0v) is 6.03. The van der Waals surface area contributed by atoms with E-state index in [-0.39, 0.29) is 5.56 Å². The van der Waals surface area contributed by atoms with Crippen LogP contribution in [0.15, 0.2) is 0 Å². The third kappa shape index (κ3) is 1.11. The minimum absolute atomic E-state index is 0.281. The molecule has 0 amide bonds. The molecule has 0 unspecified atom stereocenters. The van der Waals surface area contributed by atoms with Crippen molar-refractivity contribution in [3.8, 4) is 6.07 Å². The standard InChI is InChI=1S/C7H3F3N2/c1-3-4(2-11)5(8)7(10)12-6(3)9/h1H3. The molecule has 0 aromatic carbocycles. The third-order valence-electron chi connectivity index (χ3n) is 1.39. The molecule has 0 aliphatic carbocycles. The van der Waals surface area contributed by atoms with Gasteiger partial charge in [0.25, 0.3) is 5.95 Å². The van der Waals surface area contributed by atoms with Gasteiger partial charge in [-0.2, -0.15) is 19.0 Å². The molecule has 5 heteroatoms. The zero-order valence-electron chi connectivity index (χ0n) is 6.03. The number of rotatable bonds is 0. The highest BCUT2D eigenvalue weighted by Crippen LogP contribution is 2.15. The molecule has 1 heterocycles. The molecule has 0 bridgehead atoms. The lowest BCUT2D eigenvalue weighted by atomic mass is 10.1. The van der Waals surface area contributed by atoms with Crippen molar-refractivity contribution < 1.29 is 13.2 Å². The van der Waals surface area contributed by atoms with Gasteiger partial charge in [-0.3, -0.25) is 0 Å². The van der Waals surface area contributed by atoms with Crippen LogP contribution >= 0.6 is 0 Å². The third-order valence-corrected chi connectivity index (χ3v) is 1.39. The highest BCUT2D eigenvalue weighted by Gasteiger charge is 2.16. The number of nitriles is 1. The topological polar surface area (TPSA) is 36.7 Å². The Balaban J connectivity index is 3.56. The van der Waals surface area contributed by atoms with Crippen molar-refractivity contribution in [3.63, 3.8) is 0 Å². The number of hydrogen-bond acceptors (Lipinski definition) is 2. The minimum atomic E-state index is -1.59. The van der Waals surface area contributed by atoms with Gasteiger partial charge in [0, 0.05) is 5.56 Å². The molecule has 0 spiro atoms. The fourth-order valence-corrected chi connectivity index (χ4v) is 0.723. The summed E-state index contributed by atoms with van der Waals surface area (Å²) in [6.07, 6.45) is 0. The van der Waals surface area contributed by atoms with E-state index in [1.54, 1.807) is 0 Å². The molecule has 0 radical (unpaired) electrons. The average Bonchev–Trinajstić information content (AvgIpc) is 2.02. The lowest BCUT2D eigenvalue weighted by Crippen LogP contribution is -2.02. The average molecular weight is 172 g/mol. The van der Waals surface area contributed by atoms with Crippen molar-refractivity contribution in [2.24, 2.45) is 0 Å². The van der Waals surface area contributed by atoms with Gasteiger partial charge in [0.05, 0.1) is 5.56 Å². The van der Waals surface area contributed by atoms with E-state index in [9.17, 15) is 13.2 Å². The lowest BCUT2D eigenvalue weighted by molar-refractivity contribution is 0.441. The van der Waals surface area contributed by atoms with Crippen molar-refractivity contribution in [1.82, 2.24) is 4.98 Å². The molecule has 0 atom stereocenters. The summed E-state index contributed by atoms with van der Waals surface area (Å²) in [6.45, 7) is 1.16. The van der Waals surface area contributed by atoms with Gasteiger partial charge in [-0.05, 0) is 6.92 Å². The van der Waals surface area contributed by atoms with Crippen LogP contribution < -0.4 is 0 Å². The van der Waals surface area contributed by atoms with Crippen LogP contribution in [0, 0.1) is 36.0 Å². The van der Waals surface area contributed by atoms with Gasteiger partial charge in [0.2, 0.25) is 5.95 Å². The Labute approximate surface area is 66.3 Å². The maximum Gasteiger partial charge on any atom is 0.252 e. The first kappa shape index (κ1) is 8.53. The minimum Gasteiger partial charge on any atom is -0.200 e. The van der Waals surface area contributed by atoms with Crippen LogP contribution in [0.2, 0.25) is 0 Å². The van der Waals surface area contributed by atoms with Gasteiger partial charge >= 0.3 is 0 Å². The second kappa shape index (κ2) is 2.81. The Morgan fingerprint density at radius 2 is 1.83 bits per heavy atom. The molecule has 0 saturated carbocycles. The molecule has 0 N–H and O–H groups in total. The van der Waals surface area contributed by atoms with E-state index >= 15 is 0 Å². The SMILES string of the molecule is Cc1c(F)nc(F)c(F)c1C#N. The Kier molecular flexibility index (Phi) is 2.00. The number of halogens is 3. The predicted octanol–water partition coefficient (Wildman–Crippen LogP) is 1.68. The first-order chi connectivity index (χ1) is 5.57. The van der Waals surface area contributed by atoms with Gasteiger partial charge in [-0.25, -0.2) is 4.39 Å². The normalized spacial score (nSPS) is 9.58. The lowest BCUT2D eigenvalue weighted by Gasteiger charge is -1.99. The van der Waals surface area contributed by atoms with Crippen LogP contribution in [0.5, 0.6) is 0 Å². The van der Waals surface area contributed by atoms with Crippen LogP contribution in [-0.4, -0.2) is 4.98 Å². The molecule has 2 nitrogen and oxygen atoms in total. The molecular weight excluding hydrogens is 169 g/mol. The first-order valence-corrected chi connectivity index (χ1v) is 2.99. The van der Waals surface area contributed by atoms with Gasteiger partial charge in [0.15, 0.2) is 5.82 Å². The molecule has 0 aliphatic rings. The maximum absolute atomic E-state index is 12.6. The fourth-order valence-electron chi connectivity index (χ4n) is 0.723. The van der Waals surface area contributed by atoms with E-state index in [0.717, 1.165) is 6.92 Å². The molecule has 1 rings (SSSR count). The summed E-state index contributed by atoms with van der Waals surface area (Å²) < 4.78 is 37.5. The summed E-state index contributed by atoms with van der Waals surface area (Å²) in [7, 11) is 0. The Morgan fingerprint density at radius 1 is 1.25 bits per heavy atom. The van der Waals surface area contributed by atoms with E-state index in [1.807, 2.05) is 0 Å². The molecule has 1 aromatic rings. The van der Waals surface area contributed by atoms with Crippen LogP contribution in [0.1, 0.15) is 11.1 Å². The Hall–Kier alpha value is -1.57. The van der Waals surface area contributed by atoms with Crippen LogP contribution in [0.25, 0.3) is 0 Å². The molecule has 0 saturated heterocycles. The monoisotopic (exact) mass is 172 g/mol. The highest BCUT2D eigenvalue weighted by atomic mass is 19.2. The molecule has 1 aromatic heterocycles. The molecule has 62 valence electrons. The second-order valence-corrected chi connectivity index (χ2v) is 2.12. The van der Waals surface area contributed by atoms with E-state index in [0.29, 0.717) is 0 Å². The van der Waals surface area contributed by atoms with E-state index in [2.05, 4.69) is 4.98 Å². The first-order valence-electron chi connectivity index (χ1n) is 2.99. The number of hydrogen-bond donors (Lipinski definition) is 0. The molecule has 0 aliphatic heterocycles. The van der Waals surface area contributed by atoms with Crippen molar-refractivity contribution in [2.45, 2.75) is 6.92 Å². The van der Waals surface area contributed by atoms with E-state index < -0.39 is 23.3 Å². The van der Waals surface area contributed by atoms with Crippen LogP contribution in [0.4, 0.5) is 13.2 Å². The predicted molar refractivity (Wildman–Crippen MR) is 33.6 cm³/mol. The van der Waals surface area contributed by atoms with Gasteiger partial charge in [-0.15, -0.1) is 0 Å². The molecular formula is C7H3F3N2. The van der Waals surface area contributed by atoms with Crippen molar-refractivity contribution in [2.75, 3.05) is 0 Å². The van der Waals surface area contributed by atoms with Gasteiger partial charge in [0.1, 0.15) is 6.07 Å². The van der Waals surface area contributed by atoms with Gasteiger partial charge in [-0.1, -0.05) is 0 Å². The van der Waals surface area contributed by atoms with Crippen LogP contribution in [0.3, 0.4) is 0 Å². The zero-order chi connectivity index (χ0) is 9.30. The van der Waals surface area contributed by atoms with E-state index in [1.165, 1.54) is 6.07 Å². The largest absolute Gasteiger partial charge is 0.252 e. The molecule has 0 fully saturated rings. The summed E-state index contributed by atoms with van der Waals surface area (Å²) in [5.41, 5.74) is -0.920. The smallest absolute Gasteiger partial charge is 0.200 e. The quantitative estimate of drug-likeness (QED) is 0.558. The summed E-state index contributed by atoms with van der Waals surface area (Å²) in [5.74, 6) is -4.16. The summed E-state index contributed by atoms with van der Waals surface area (Å²) >= 11 is 0. The van der Waals surface area contributed by atoms with Gasteiger partial charge < -0.3 is 0 Å². The maximum atomic E-state index is 12.6. The summed E-state index contributed by atoms with van der Waals surface area (Å²) in [5, 5.41) is 8.30. The molecule has 12 heavy (non-hydrogen) atoms. The van der Waals surface area contributed by atoms with Crippen molar-refractivity contribution in [3.05, 3.63) is 28.8 Å². The number of pyridine rings is 1. The Morgan fingerprint density at radius 3 is 2.33 bits per heavy atom. The highest BCUT2D eigenvalue weighted by molar-refractivity contribution is 5.36. The number of nitrogens with zero attached hydrogens (tertiary/aromatic N) is 2. The number of aromatic nitrogens is 1. The van der Waals surface area contributed by atoms with Crippen molar-refractivity contribution in [1.29, 1.82) is 5.26 Å².